The number of aromatic hydroxyl groups is 1. The highest BCUT2D eigenvalue weighted by Gasteiger charge is 2.41. The number of nitrogens with one attached hydrogen (secondary N) is 1. The molecule has 5 aliphatic heterocycles. The Hall–Kier alpha value is -5.26. The number of anilines is 1. The molecule has 4 aromatic carbocycles. The predicted molar refractivity (Wildman–Crippen MR) is 206 cm³/mol. The number of carbonyl (C=O) groups excluding carboxylic acids is 3. The number of nitrogens with zero attached hydrogens (tertiary/aromatic N) is 4. The van der Waals surface area contributed by atoms with Crippen LogP contribution < -0.4 is 15.0 Å². The minimum absolute atomic E-state index is 0.0456. The third-order valence-corrected chi connectivity index (χ3v) is 12.4. The molecule has 0 aliphatic carbocycles. The van der Waals surface area contributed by atoms with Crippen molar-refractivity contribution in [2.24, 2.45) is 0 Å². The van der Waals surface area contributed by atoms with Crippen molar-refractivity contribution in [3.05, 3.63) is 124 Å². The molecule has 0 spiro atoms. The van der Waals surface area contributed by atoms with Gasteiger partial charge in [-0.05, 0) is 65.8 Å². The summed E-state index contributed by atoms with van der Waals surface area (Å²) in [5.74, 6) is -0.612. The number of amides is 3. The quantitative estimate of drug-likeness (QED) is 0.243. The molecule has 1 unspecified atom stereocenters. The lowest BCUT2D eigenvalue weighted by Gasteiger charge is -2.43. The summed E-state index contributed by atoms with van der Waals surface area (Å²) in [6, 6.07) is 28.2. The Morgan fingerprint density at radius 2 is 1.58 bits per heavy atom. The zero-order valence-electron chi connectivity index (χ0n) is 30.8. The molecule has 10 nitrogen and oxygen atoms in total. The number of piperazine rings is 1. The van der Waals surface area contributed by atoms with E-state index >= 15 is 4.39 Å². The van der Waals surface area contributed by atoms with Crippen molar-refractivity contribution in [2.45, 2.75) is 62.7 Å². The lowest BCUT2D eigenvalue weighted by atomic mass is 9.76. The van der Waals surface area contributed by atoms with Crippen molar-refractivity contribution >= 4 is 23.4 Å². The summed E-state index contributed by atoms with van der Waals surface area (Å²) in [5, 5.41) is 12.4. The van der Waals surface area contributed by atoms with Gasteiger partial charge in [-0.3, -0.25) is 29.5 Å². The maximum atomic E-state index is 15.3. The maximum Gasteiger partial charge on any atom is 0.258 e. The van der Waals surface area contributed by atoms with E-state index in [0.717, 1.165) is 69.0 Å². The van der Waals surface area contributed by atoms with Crippen LogP contribution in [-0.4, -0.2) is 95.5 Å². The van der Waals surface area contributed by atoms with Crippen LogP contribution in [0.5, 0.6) is 11.5 Å². The van der Waals surface area contributed by atoms with Gasteiger partial charge < -0.3 is 19.6 Å². The molecule has 5 aliphatic rings. The van der Waals surface area contributed by atoms with E-state index in [1.54, 1.807) is 12.1 Å². The molecule has 3 saturated heterocycles. The van der Waals surface area contributed by atoms with Crippen LogP contribution in [0.2, 0.25) is 0 Å². The average molecular weight is 744 g/mol. The Bertz CT molecular complexity index is 2100. The molecule has 55 heavy (non-hydrogen) atoms. The Morgan fingerprint density at radius 3 is 2.33 bits per heavy atom. The molecule has 3 amide bonds. The molecule has 5 heterocycles. The van der Waals surface area contributed by atoms with Gasteiger partial charge in [0.2, 0.25) is 11.8 Å². The monoisotopic (exact) mass is 743 g/mol. The number of hydrogen-bond donors (Lipinski definition) is 2. The number of imide groups is 1. The van der Waals surface area contributed by atoms with Crippen molar-refractivity contribution in [2.75, 3.05) is 50.8 Å². The lowest BCUT2D eigenvalue weighted by Crippen LogP contribution is -2.53. The molecule has 3 fully saturated rings. The Labute approximate surface area is 320 Å². The first-order chi connectivity index (χ1) is 26.8. The Morgan fingerprint density at radius 1 is 0.818 bits per heavy atom. The summed E-state index contributed by atoms with van der Waals surface area (Å²) in [4.78, 5) is 46.0. The average Bonchev–Trinajstić information content (AvgIpc) is 3.53. The number of phenolic OH excluding ortho intramolecular Hbond substituents is 1. The number of ether oxygens (including phenoxy) is 1. The number of fused-ring (bicyclic) bond motifs is 2. The molecular weight excluding hydrogens is 698 g/mol. The van der Waals surface area contributed by atoms with E-state index in [2.05, 4.69) is 68.5 Å². The van der Waals surface area contributed by atoms with Crippen LogP contribution in [-0.2, 0) is 22.7 Å². The highest BCUT2D eigenvalue weighted by molar-refractivity contribution is 6.05. The van der Waals surface area contributed by atoms with Crippen LogP contribution in [0, 0.1) is 5.82 Å². The molecule has 3 atom stereocenters. The first-order valence-corrected chi connectivity index (χ1v) is 19.6. The predicted octanol–water partition coefficient (Wildman–Crippen LogP) is 5.39. The molecule has 2 N–H and O–H groups in total. The van der Waals surface area contributed by atoms with Gasteiger partial charge >= 0.3 is 0 Å². The summed E-state index contributed by atoms with van der Waals surface area (Å²) in [5.41, 5.74) is 6.31. The SMILES string of the molecule is O=C1CCC(N2Cc3cc(CN4CCN(C5CCN(c6ccc([C@@H]7c8ccc(O)cc8OC[C@@H]7c7ccccc7)cc6)CC5)CC4)cc(F)c3C2=O)C(=O)N1. The molecule has 0 saturated carbocycles. The normalized spacial score (nSPS) is 23.7. The fraction of sp³-hybridized carbons (Fsp3) is 0.386. The number of rotatable bonds is 7. The first-order valence-electron chi connectivity index (χ1n) is 19.6. The molecule has 0 bridgehead atoms. The highest BCUT2D eigenvalue weighted by Crippen LogP contribution is 2.47. The number of carbonyl (C=O) groups is 3. The van der Waals surface area contributed by atoms with Gasteiger partial charge in [-0.1, -0.05) is 54.6 Å². The van der Waals surface area contributed by atoms with Crippen molar-refractivity contribution in [1.82, 2.24) is 20.0 Å². The summed E-state index contributed by atoms with van der Waals surface area (Å²) in [6.45, 7) is 7.03. The lowest BCUT2D eigenvalue weighted by molar-refractivity contribution is -0.136. The molecule has 284 valence electrons. The molecule has 9 rings (SSSR count). The minimum Gasteiger partial charge on any atom is -0.508 e. The van der Waals surface area contributed by atoms with E-state index in [-0.39, 0.29) is 48.4 Å². The second-order valence-electron chi connectivity index (χ2n) is 15.7. The summed E-state index contributed by atoms with van der Waals surface area (Å²) >= 11 is 0. The largest absolute Gasteiger partial charge is 0.508 e. The van der Waals surface area contributed by atoms with E-state index < -0.39 is 23.7 Å². The maximum absolute atomic E-state index is 15.3. The van der Waals surface area contributed by atoms with Gasteiger partial charge in [-0.15, -0.1) is 0 Å². The van der Waals surface area contributed by atoms with E-state index in [1.165, 1.54) is 27.8 Å². The summed E-state index contributed by atoms with van der Waals surface area (Å²) < 4.78 is 21.5. The first kappa shape index (κ1) is 35.4. The highest BCUT2D eigenvalue weighted by atomic mass is 19.1. The zero-order chi connectivity index (χ0) is 37.6. The van der Waals surface area contributed by atoms with Crippen LogP contribution in [0.4, 0.5) is 10.1 Å². The zero-order valence-corrected chi connectivity index (χ0v) is 30.8. The van der Waals surface area contributed by atoms with Gasteiger partial charge in [0.25, 0.3) is 5.91 Å². The number of phenols is 1. The summed E-state index contributed by atoms with van der Waals surface area (Å²) in [7, 11) is 0. The van der Waals surface area contributed by atoms with E-state index in [4.69, 9.17) is 4.74 Å². The second-order valence-corrected chi connectivity index (χ2v) is 15.7. The van der Waals surface area contributed by atoms with Gasteiger partial charge in [0.15, 0.2) is 0 Å². The van der Waals surface area contributed by atoms with Crippen LogP contribution in [0.15, 0.2) is 84.9 Å². The number of piperidine rings is 2. The van der Waals surface area contributed by atoms with Crippen LogP contribution in [0.1, 0.15) is 75.7 Å². The van der Waals surface area contributed by atoms with Crippen LogP contribution in [0.3, 0.4) is 0 Å². The third-order valence-electron chi connectivity index (χ3n) is 12.4. The molecule has 0 radical (unpaired) electrons. The minimum atomic E-state index is -0.757. The molecule has 11 heteroatoms. The van der Waals surface area contributed by atoms with Crippen molar-refractivity contribution in [3.8, 4) is 11.5 Å². The van der Waals surface area contributed by atoms with E-state index in [1.807, 2.05) is 18.2 Å². The van der Waals surface area contributed by atoms with Gasteiger partial charge in [-0.25, -0.2) is 4.39 Å². The Kier molecular flexibility index (Phi) is 9.51. The van der Waals surface area contributed by atoms with Crippen molar-refractivity contribution in [3.63, 3.8) is 0 Å². The fourth-order valence-electron chi connectivity index (χ4n) is 9.54. The standard InChI is InChI=1S/C44H46FN5O5/c45-37-23-28(22-31-26-50(44(54)42(31)37)38-12-13-40(52)46-43(38)53)25-47-18-20-49(21-19-47)33-14-16-48(17-15-33)32-8-6-30(7-9-32)41-35-11-10-34(51)24-39(35)55-27-36(41)29-4-2-1-3-5-29/h1-11,22-24,33,36,38,41,51H,12-21,25-27H2,(H,46,52,53)/t36-,38?,41-/m1/s1. The van der Waals surface area contributed by atoms with Gasteiger partial charge in [-0.2, -0.15) is 0 Å². The molecule has 4 aromatic rings. The number of benzene rings is 4. The molecular formula is C44H46FN5O5. The summed E-state index contributed by atoms with van der Waals surface area (Å²) in [6.07, 6.45) is 2.62. The van der Waals surface area contributed by atoms with Gasteiger partial charge in [0.1, 0.15) is 23.4 Å². The van der Waals surface area contributed by atoms with E-state index in [0.29, 0.717) is 24.8 Å². The topological polar surface area (TPSA) is 106 Å². The molecule has 0 aromatic heterocycles. The van der Waals surface area contributed by atoms with Gasteiger partial charge in [0, 0.05) is 94.0 Å². The second kappa shape index (κ2) is 14.8. The Balaban J connectivity index is 0.791. The van der Waals surface area contributed by atoms with E-state index in [9.17, 15) is 19.5 Å². The van der Waals surface area contributed by atoms with Gasteiger partial charge in [0.05, 0.1) is 12.2 Å². The number of hydrogen-bond acceptors (Lipinski definition) is 8. The van der Waals surface area contributed by atoms with Crippen LogP contribution in [0.25, 0.3) is 0 Å². The third kappa shape index (κ3) is 6.95. The smallest absolute Gasteiger partial charge is 0.258 e. The van der Waals surface area contributed by atoms with Crippen molar-refractivity contribution < 1.29 is 28.6 Å². The fourth-order valence-corrected chi connectivity index (χ4v) is 9.54. The number of halogens is 1. The van der Waals surface area contributed by atoms with Crippen molar-refractivity contribution in [1.29, 1.82) is 0 Å². The van der Waals surface area contributed by atoms with Crippen LogP contribution >= 0.6 is 0 Å².